The molecule has 6 heteroatoms. The van der Waals surface area contributed by atoms with Crippen LogP contribution in [0, 0.1) is 11.8 Å². The molecule has 0 atom stereocenters. The Morgan fingerprint density at radius 2 is 1.74 bits per heavy atom. The predicted molar refractivity (Wildman–Crippen MR) is 104 cm³/mol. The zero-order chi connectivity index (χ0) is 19.4. The average Bonchev–Trinajstić information content (AvgIpc) is 3.52. The van der Waals surface area contributed by atoms with E-state index >= 15 is 0 Å². The van der Waals surface area contributed by atoms with Crippen LogP contribution in [0.25, 0.3) is 0 Å². The van der Waals surface area contributed by atoms with Crippen molar-refractivity contribution >= 4 is 23.4 Å². The fraction of sp³-hybridized carbons (Fsp3) is 0.571. The summed E-state index contributed by atoms with van der Waals surface area (Å²) in [5, 5.41) is 2.91. The molecule has 1 heterocycles. The number of nitrogens with zero attached hydrogens (tertiary/aromatic N) is 2. The number of carbonyl (C=O) groups is 3. The number of likely N-dealkylation sites (tertiary alicyclic amines) is 1. The maximum atomic E-state index is 12.7. The highest BCUT2D eigenvalue weighted by Crippen LogP contribution is 2.32. The van der Waals surface area contributed by atoms with E-state index in [2.05, 4.69) is 5.32 Å². The molecule has 3 amide bonds. The molecule has 6 nitrogen and oxygen atoms in total. The Hall–Kier alpha value is -2.37. The molecule has 1 saturated heterocycles. The van der Waals surface area contributed by atoms with E-state index in [9.17, 15) is 14.4 Å². The zero-order valence-electron chi connectivity index (χ0n) is 16.2. The zero-order valence-corrected chi connectivity index (χ0v) is 16.2. The number of nitrogens with one attached hydrogen (secondary N) is 1. The van der Waals surface area contributed by atoms with Gasteiger partial charge in [-0.15, -0.1) is 0 Å². The minimum Gasteiger partial charge on any atom is -0.342 e. The molecule has 1 aromatic rings. The quantitative estimate of drug-likeness (QED) is 0.834. The number of para-hydroxylation sites is 1. The number of likely N-dealkylation sites (N-methyl/N-ethyl adjacent to an activating group) is 1. The van der Waals surface area contributed by atoms with E-state index in [1.54, 1.807) is 7.05 Å². The van der Waals surface area contributed by atoms with Crippen LogP contribution in [0.15, 0.2) is 24.3 Å². The Bertz CT molecular complexity index is 706. The monoisotopic (exact) mass is 371 g/mol. The van der Waals surface area contributed by atoms with Crippen molar-refractivity contribution in [2.45, 2.75) is 39.0 Å². The molecule has 1 saturated carbocycles. The number of piperidine rings is 1. The maximum Gasteiger partial charge on any atom is 0.243 e. The van der Waals surface area contributed by atoms with Gasteiger partial charge in [0.15, 0.2) is 0 Å². The van der Waals surface area contributed by atoms with Crippen molar-refractivity contribution in [3.05, 3.63) is 29.8 Å². The lowest BCUT2D eigenvalue weighted by Gasteiger charge is -2.33. The van der Waals surface area contributed by atoms with Gasteiger partial charge in [-0.3, -0.25) is 14.4 Å². The highest BCUT2D eigenvalue weighted by atomic mass is 16.2. The van der Waals surface area contributed by atoms with Crippen LogP contribution in [0.2, 0.25) is 0 Å². The van der Waals surface area contributed by atoms with E-state index in [-0.39, 0.29) is 36.1 Å². The molecule has 0 spiro atoms. The number of rotatable bonds is 6. The normalized spacial score (nSPS) is 17.5. The van der Waals surface area contributed by atoms with Gasteiger partial charge >= 0.3 is 0 Å². The number of carbonyl (C=O) groups excluding carboxylic acids is 3. The third kappa shape index (κ3) is 4.87. The van der Waals surface area contributed by atoms with Crippen LogP contribution in [0.1, 0.15) is 38.2 Å². The molecule has 0 bridgehead atoms. The number of anilines is 1. The van der Waals surface area contributed by atoms with Crippen molar-refractivity contribution in [3.8, 4) is 0 Å². The minimum absolute atomic E-state index is 0.00699. The van der Waals surface area contributed by atoms with Crippen LogP contribution < -0.4 is 5.32 Å². The second kappa shape index (κ2) is 8.55. The molecule has 0 radical (unpaired) electrons. The van der Waals surface area contributed by atoms with Crippen molar-refractivity contribution < 1.29 is 14.4 Å². The number of hydrogen-bond acceptors (Lipinski definition) is 3. The molecule has 27 heavy (non-hydrogen) atoms. The first kappa shape index (κ1) is 19.4. The topological polar surface area (TPSA) is 69.7 Å². The van der Waals surface area contributed by atoms with Crippen LogP contribution in [0.4, 0.5) is 5.69 Å². The smallest absolute Gasteiger partial charge is 0.243 e. The summed E-state index contributed by atoms with van der Waals surface area (Å²) in [5.74, 6) is 0.187. The molecule has 146 valence electrons. The Labute approximate surface area is 160 Å². The van der Waals surface area contributed by atoms with Gasteiger partial charge in [0.25, 0.3) is 0 Å². The Morgan fingerprint density at radius 3 is 2.37 bits per heavy atom. The highest BCUT2D eigenvalue weighted by molar-refractivity contribution is 5.95. The van der Waals surface area contributed by atoms with Gasteiger partial charge in [0.05, 0.1) is 6.54 Å². The standard InChI is InChI=1S/C21H29N3O3/c1-3-15-6-4-5-7-18(15)22-19(25)14-23(2)20(26)17-10-12-24(13-11-17)21(27)16-8-9-16/h4-7,16-17H,3,8-14H2,1-2H3,(H,22,25). The molecule has 1 aromatic carbocycles. The molecular formula is C21H29N3O3. The molecule has 1 aliphatic heterocycles. The van der Waals surface area contributed by atoms with E-state index in [0.29, 0.717) is 25.9 Å². The van der Waals surface area contributed by atoms with Gasteiger partial charge in [-0.2, -0.15) is 0 Å². The molecule has 1 aliphatic carbocycles. The first-order chi connectivity index (χ1) is 13.0. The molecule has 2 aliphatic rings. The molecule has 0 aromatic heterocycles. The molecule has 0 unspecified atom stereocenters. The number of amides is 3. The Morgan fingerprint density at radius 1 is 1.07 bits per heavy atom. The van der Waals surface area contributed by atoms with Gasteiger partial charge in [0, 0.05) is 37.7 Å². The van der Waals surface area contributed by atoms with Crippen LogP contribution in [-0.2, 0) is 20.8 Å². The van der Waals surface area contributed by atoms with Gasteiger partial charge in [-0.1, -0.05) is 25.1 Å². The van der Waals surface area contributed by atoms with E-state index in [1.807, 2.05) is 36.1 Å². The summed E-state index contributed by atoms with van der Waals surface area (Å²) in [7, 11) is 1.68. The van der Waals surface area contributed by atoms with Crippen molar-refractivity contribution in [2.75, 3.05) is 32.0 Å². The first-order valence-electron chi connectivity index (χ1n) is 9.91. The first-order valence-corrected chi connectivity index (χ1v) is 9.91. The summed E-state index contributed by atoms with van der Waals surface area (Å²) in [6.45, 7) is 3.38. The maximum absolute atomic E-state index is 12.7. The molecule has 1 N–H and O–H groups in total. The van der Waals surface area contributed by atoms with E-state index < -0.39 is 0 Å². The van der Waals surface area contributed by atoms with Gasteiger partial charge in [0.2, 0.25) is 17.7 Å². The lowest BCUT2D eigenvalue weighted by atomic mass is 9.95. The van der Waals surface area contributed by atoms with Crippen molar-refractivity contribution in [1.82, 2.24) is 9.80 Å². The van der Waals surface area contributed by atoms with Gasteiger partial charge in [0.1, 0.15) is 0 Å². The van der Waals surface area contributed by atoms with E-state index in [1.165, 1.54) is 4.90 Å². The summed E-state index contributed by atoms with van der Waals surface area (Å²) in [4.78, 5) is 40.5. The molecular weight excluding hydrogens is 342 g/mol. The predicted octanol–water partition coefficient (Wildman–Crippen LogP) is 2.29. The number of aryl methyl sites for hydroxylation is 1. The largest absolute Gasteiger partial charge is 0.342 e. The highest BCUT2D eigenvalue weighted by Gasteiger charge is 2.36. The third-order valence-electron chi connectivity index (χ3n) is 5.51. The summed E-state index contributed by atoms with van der Waals surface area (Å²) in [6, 6.07) is 7.71. The molecule has 3 rings (SSSR count). The van der Waals surface area contributed by atoms with Crippen molar-refractivity contribution in [2.24, 2.45) is 11.8 Å². The summed E-state index contributed by atoms with van der Waals surface area (Å²) < 4.78 is 0. The average molecular weight is 371 g/mol. The Balaban J connectivity index is 1.47. The van der Waals surface area contributed by atoms with Crippen LogP contribution >= 0.6 is 0 Å². The van der Waals surface area contributed by atoms with E-state index in [4.69, 9.17) is 0 Å². The summed E-state index contributed by atoms with van der Waals surface area (Å²) in [5.41, 5.74) is 1.88. The van der Waals surface area contributed by atoms with E-state index in [0.717, 1.165) is 30.5 Å². The third-order valence-corrected chi connectivity index (χ3v) is 5.51. The minimum atomic E-state index is -0.187. The summed E-state index contributed by atoms with van der Waals surface area (Å²) >= 11 is 0. The lowest BCUT2D eigenvalue weighted by molar-refractivity contribution is -0.141. The fourth-order valence-electron chi connectivity index (χ4n) is 3.68. The van der Waals surface area contributed by atoms with Crippen LogP contribution in [0.5, 0.6) is 0 Å². The SMILES string of the molecule is CCc1ccccc1NC(=O)CN(C)C(=O)C1CCN(C(=O)C2CC2)CC1. The summed E-state index contributed by atoms with van der Waals surface area (Å²) in [6.07, 6.45) is 4.22. The Kier molecular flexibility index (Phi) is 6.14. The van der Waals surface area contributed by atoms with Crippen LogP contribution in [-0.4, -0.2) is 54.2 Å². The fourth-order valence-corrected chi connectivity index (χ4v) is 3.68. The van der Waals surface area contributed by atoms with Gasteiger partial charge in [-0.25, -0.2) is 0 Å². The number of hydrogen-bond donors (Lipinski definition) is 1. The second-order valence-electron chi connectivity index (χ2n) is 7.63. The van der Waals surface area contributed by atoms with Crippen molar-refractivity contribution in [1.29, 1.82) is 0 Å². The number of benzene rings is 1. The van der Waals surface area contributed by atoms with Crippen molar-refractivity contribution in [3.63, 3.8) is 0 Å². The molecule has 2 fully saturated rings. The van der Waals surface area contributed by atoms with Gasteiger partial charge in [-0.05, 0) is 43.7 Å². The second-order valence-corrected chi connectivity index (χ2v) is 7.63. The van der Waals surface area contributed by atoms with Gasteiger partial charge < -0.3 is 15.1 Å². The lowest BCUT2D eigenvalue weighted by Crippen LogP contribution is -2.45. The van der Waals surface area contributed by atoms with Crippen LogP contribution in [0.3, 0.4) is 0 Å².